The van der Waals surface area contributed by atoms with E-state index in [2.05, 4.69) is 18.8 Å². The Morgan fingerprint density at radius 1 is 1.00 bits per heavy atom. The van der Waals surface area contributed by atoms with E-state index in [0.29, 0.717) is 6.61 Å². The average Bonchev–Trinajstić information content (AvgIpc) is 2.32. The van der Waals surface area contributed by atoms with Crippen molar-refractivity contribution in [1.82, 2.24) is 0 Å². The van der Waals surface area contributed by atoms with Crippen molar-refractivity contribution in [2.24, 2.45) is 0 Å². The monoisotopic (exact) mass is 242 g/mol. The molecule has 0 aromatic rings. The zero-order valence-corrected chi connectivity index (χ0v) is 11.2. The second-order valence-electron chi connectivity index (χ2n) is 4.01. The van der Waals surface area contributed by atoms with E-state index < -0.39 is 6.10 Å². The highest BCUT2D eigenvalue weighted by molar-refractivity contribution is 5.01. The predicted molar refractivity (Wildman–Crippen MR) is 69.9 cm³/mol. The van der Waals surface area contributed by atoms with Gasteiger partial charge in [-0.05, 0) is 19.8 Å². The third-order valence-corrected chi connectivity index (χ3v) is 2.31. The molecule has 0 heterocycles. The standard InChI is InChI=1S/C14H26O3/c1-3-5-6-7-10-16-11-8-12-17-13-14(15)9-4-2/h14-15H,3,5-8,10-13H2,1-2H3. The van der Waals surface area contributed by atoms with Crippen molar-refractivity contribution in [2.45, 2.75) is 52.1 Å². The summed E-state index contributed by atoms with van der Waals surface area (Å²) in [5, 5.41) is 9.24. The van der Waals surface area contributed by atoms with Gasteiger partial charge in [-0.3, -0.25) is 0 Å². The van der Waals surface area contributed by atoms with Gasteiger partial charge in [0.05, 0.1) is 6.61 Å². The SMILES string of the molecule is CC#CC(O)COCCCOCCCCCC. The normalized spacial score (nSPS) is 11.9. The Bertz CT molecular complexity index is 205. The molecule has 0 aromatic carbocycles. The first kappa shape index (κ1) is 16.4. The number of aliphatic hydroxyl groups excluding tert-OH is 1. The molecule has 3 nitrogen and oxygen atoms in total. The van der Waals surface area contributed by atoms with Gasteiger partial charge in [0.1, 0.15) is 6.10 Å². The minimum absolute atomic E-state index is 0.289. The molecule has 0 spiro atoms. The van der Waals surface area contributed by atoms with Crippen LogP contribution in [0.2, 0.25) is 0 Å². The van der Waals surface area contributed by atoms with Crippen molar-refractivity contribution in [3.63, 3.8) is 0 Å². The molecular formula is C14H26O3. The molecule has 1 unspecified atom stereocenters. The van der Waals surface area contributed by atoms with Gasteiger partial charge in [-0.1, -0.05) is 32.1 Å². The van der Waals surface area contributed by atoms with Gasteiger partial charge in [0.15, 0.2) is 0 Å². The van der Waals surface area contributed by atoms with E-state index in [-0.39, 0.29) is 6.61 Å². The number of rotatable bonds is 11. The van der Waals surface area contributed by atoms with Crippen molar-refractivity contribution in [3.05, 3.63) is 0 Å². The predicted octanol–water partition coefficient (Wildman–Crippen LogP) is 2.37. The summed E-state index contributed by atoms with van der Waals surface area (Å²) in [4.78, 5) is 0. The zero-order chi connectivity index (χ0) is 12.8. The van der Waals surface area contributed by atoms with E-state index in [0.717, 1.165) is 26.1 Å². The third-order valence-electron chi connectivity index (χ3n) is 2.31. The molecule has 1 atom stereocenters. The van der Waals surface area contributed by atoms with Gasteiger partial charge < -0.3 is 14.6 Å². The van der Waals surface area contributed by atoms with Crippen molar-refractivity contribution >= 4 is 0 Å². The van der Waals surface area contributed by atoms with Crippen molar-refractivity contribution in [1.29, 1.82) is 0 Å². The molecule has 0 aliphatic rings. The fraction of sp³-hybridized carbons (Fsp3) is 0.857. The number of aliphatic hydroxyl groups is 1. The van der Waals surface area contributed by atoms with Gasteiger partial charge in [0, 0.05) is 19.8 Å². The summed E-state index contributed by atoms with van der Waals surface area (Å²) in [6.45, 7) is 6.41. The molecular weight excluding hydrogens is 216 g/mol. The van der Waals surface area contributed by atoms with Crippen LogP contribution in [0.1, 0.15) is 46.0 Å². The van der Waals surface area contributed by atoms with Crippen LogP contribution in [0.4, 0.5) is 0 Å². The minimum Gasteiger partial charge on any atom is -0.381 e. The lowest BCUT2D eigenvalue weighted by Crippen LogP contribution is -2.14. The van der Waals surface area contributed by atoms with Crippen LogP contribution in [-0.2, 0) is 9.47 Å². The van der Waals surface area contributed by atoms with Crippen LogP contribution in [0.15, 0.2) is 0 Å². The molecule has 0 bridgehead atoms. The first-order valence-electron chi connectivity index (χ1n) is 6.57. The Balaban J connectivity index is 3.05. The van der Waals surface area contributed by atoms with E-state index in [9.17, 15) is 5.11 Å². The van der Waals surface area contributed by atoms with E-state index in [4.69, 9.17) is 9.47 Å². The molecule has 0 radical (unpaired) electrons. The minimum atomic E-state index is -0.657. The van der Waals surface area contributed by atoms with E-state index in [1.807, 2.05) is 0 Å². The molecule has 100 valence electrons. The third kappa shape index (κ3) is 13.4. The van der Waals surface area contributed by atoms with Crippen LogP contribution >= 0.6 is 0 Å². The Hall–Kier alpha value is -0.560. The van der Waals surface area contributed by atoms with Crippen LogP contribution in [0.25, 0.3) is 0 Å². The van der Waals surface area contributed by atoms with Crippen LogP contribution in [0, 0.1) is 11.8 Å². The van der Waals surface area contributed by atoms with Gasteiger partial charge in [-0.25, -0.2) is 0 Å². The van der Waals surface area contributed by atoms with Gasteiger partial charge in [0.2, 0.25) is 0 Å². The molecule has 0 saturated carbocycles. The number of hydrogen-bond acceptors (Lipinski definition) is 3. The fourth-order valence-corrected chi connectivity index (χ4v) is 1.40. The Kier molecular flexibility index (Phi) is 13.1. The number of ether oxygens (including phenoxy) is 2. The summed E-state index contributed by atoms with van der Waals surface area (Å²) in [6, 6.07) is 0. The van der Waals surface area contributed by atoms with Crippen LogP contribution in [0.5, 0.6) is 0 Å². The van der Waals surface area contributed by atoms with Gasteiger partial charge in [-0.2, -0.15) is 0 Å². The fourth-order valence-electron chi connectivity index (χ4n) is 1.40. The first-order valence-corrected chi connectivity index (χ1v) is 6.57. The molecule has 0 saturated heterocycles. The second kappa shape index (κ2) is 13.5. The number of unbranched alkanes of at least 4 members (excludes halogenated alkanes) is 3. The lowest BCUT2D eigenvalue weighted by molar-refractivity contribution is 0.0448. The Morgan fingerprint density at radius 2 is 1.71 bits per heavy atom. The summed E-state index contributed by atoms with van der Waals surface area (Å²) in [6.07, 6.45) is 5.18. The summed E-state index contributed by atoms with van der Waals surface area (Å²) >= 11 is 0. The largest absolute Gasteiger partial charge is 0.381 e. The van der Waals surface area contributed by atoms with E-state index in [1.54, 1.807) is 6.92 Å². The van der Waals surface area contributed by atoms with Crippen LogP contribution < -0.4 is 0 Å². The van der Waals surface area contributed by atoms with E-state index >= 15 is 0 Å². The average molecular weight is 242 g/mol. The molecule has 0 aliphatic carbocycles. The Labute approximate surface area is 106 Å². The smallest absolute Gasteiger partial charge is 0.137 e. The molecule has 0 aliphatic heterocycles. The molecule has 0 fully saturated rings. The molecule has 0 rings (SSSR count). The highest BCUT2D eigenvalue weighted by atomic mass is 16.5. The topological polar surface area (TPSA) is 38.7 Å². The van der Waals surface area contributed by atoms with Crippen molar-refractivity contribution in [3.8, 4) is 11.8 Å². The number of hydrogen-bond donors (Lipinski definition) is 1. The maximum absolute atomic E-state index is 9.24. The molecule has 0 amide bonds. The highest BCUT2D eigenvalue weighted by Crippen LogP contribution is 1.99. The quantitative estimate of drug-likeness (QED) is 0.446. The zero-order valence-electron chi connectivity index (χ0n) is 11.2. The second-order valence-corrected chi connectivity index (χ2v) is 4.01. The summed E-state index contributed by atoms with van der Waals surface area (Å²) in [5.41, 5.74) is 0. The van der Waals surface area contributed by atoms with Crippen LogP contribution in [-0.4, -0.2) is 37.6 Å². The molecule has 17 heavy (non-hydrogen) atoms. The maximum Gasteiger partial charge on any atom is 0.137 e. The highest BCUT2D eigenvalue weighted by Gasteiger charge is 1.98. The first-order chi connectivity index (χ1) is 8.31. The van der Waals surface area contributed by atoms with Crippen LogP contribution in [0.3, 0.4) is 0 Å². The lowest BCUT2D eigenvalue weighted by atomic mass is 10.2. The molecule has 3 heteroatoms. The summed E-state index contributed by atoms with van der Waals surface area (Å²) in [7, 11) is 0. The van der Waals surface area contributed by atoms with E-state index in [1.165, 1.54) is 19.3 Å². The summed E-state index contributed by atoms with van der Waals surface area (Å²) in [5.74, 6) is 5.27. The van der Waals surface area contributed by atoms with Crippen molar-refractivity contribution < 1.29 is 14.6 Å². The lowest BCUT2D eigenvalue weighted by Gasteiger charge is -2.06. The Morgan fingerprint density at radius 3 is 2.41 bits per heavy atom. The molecule has 0 aromatic heterocycles. The van der Waals surface area contributed by atoms with Gasteiger partial charge >= 0.3 is 0 Å². The van der Waals surface area contributed by atoms with Gasteiger partial charge in [-0.15, -0.1) is 5.92 Å². The summed E-state index contributed by atoms with van der Waals surface area (Å²) < 4.78 is 10.7. The maximum atomic E-state index is 9.24. The molecule has 1 N–H and O–H groups in total. The van der Waals surface area contributed by atoms with Crippen molar-refractivity contribution in [2.75, 3.05) is 26.4 Å². The van der Waals surface area contributed by atoms with Gasteiger partial charge in [0.25, 0.3) is 0 Å².